The molecule has 122 valence electrons. The van der Waals surface area contributed by atoms with E-state index in [1.54, 1.807) is 36.4 Å². The molecular formula is C16H10Cl3N3O2. The molecule has 1 heterocycles. The summed E-state index contributed by atoms with van der Waals surface area (Å²) >= 11 is 17.8. The van der Waals surface area contributed by atoms with E-state index < -0.39 is 0 Å². The Hall–Kier alpha value is -2.08. The lowest BCUT2D eigenvalue weighted by atomic mass is 10.2. The van der Waals surface area contributed by atoms with Gasteiger partial charge in [-0.1, -0.05) is 58.2 Å². The van der Waals surface area contributed by atoms with Crippen LogP contribution in [-0.4, -0.2) is 16.0 Å². The van der Waals surface area contributed by atoms with E-state index >= 15 is 0 Å². The maximum Gasteiger partial charge on any atom is 0.253 e. The number of carbonyl (C=O) groups is 1. The molecule has 0 aliphatic carbocycles. The number of hydrogen-bond acceptors (Lipinski definition) is 4. The van der Waals surface area contributed by atoms with Crippen LogP contribution in [0.3, 0.4) is 0 Å². The Morgan fingerprint density at radius 1 is 1.12 bits per heavy atom. The van der Waals surface area contributed by atoms with Gasteiger partial charge in [0.1, 0.15) is 0 Å². The van der Waals surface area contributed by atoms with Crippen LogP contribution < -0.4 is 5.32 Å². The SMILES string of the molecule is O=C(NCc1nc(-c2cccc(Cl)c2)no1)c1cccc(Cl)c1Cl. The van der Waals surface area contributed by atoms with E-state index in [1.807, 2.05) is 6.07 Å². The second-order valence-electron chi connectivity index (χ2n) is 4.81. The summed E-state index contributed by atoms with van der Waals surface area (Å²) < 4.78 is 5.12. The van der Waals surface area contributed by atoms with E-state index in [0.29, 0.717) is 15.9 Å². The van der Waals surface area contributed by atoms with Gasteiger partial charge in [-0.25, -0.2) is 0 Å². The number of rotatable bonds is 4. The molecule has 1 aromatic heterocycles. The quantitative estimate of drug-likeness (QED) is 0.714. The first-order chi connectivity index (χ1) is 11.5. The van der Waals surface area contributed by atoms with Crippen molar-refractivity contribution in [3.8, 4) is 11.4 Å². The fourth-order valence-corrected chi connectivity index (χ4v) is 2.58. The van der Waals surface area contributed by atoms with Crippen molar-refractivity contribution >= 4 is 40.7 Å². The highest BCUT2D eigenvalue weighted by Crippen LogP contribution is 2.25. The van der Waals surface area contributed by atoms with Gasteiger partial charge >= 0.3 is 0 Å². The molecule has 0 saturated carbocycles. The Balaban J connectivity index is 1.69. The highest BCUT2D eigenvalue weighted by Gasteiger charge is 2.14. The molecule has 3 aromatic rings. The van der Waals surface area contributed by atoms with Gasteiger partial charge in [0.25, 0.3) is 5.91 Å². The summed E-state index contributed by atoms with van der Waals surface area (Å²) in [5, 5.41) is 7.60. The van der Waals surface area contributed by atoms with Crippen LogP contribution in [0.5, 0.6) is 0 Å². The second kappa shape index (κ2) is 7.21. The molecule has 1 amide bonds. The molecule has 0 atom stereocenters. The van der Waals surface area contributed by atoms with Crippen LogP contribution in [-0.2, 0) is 6.54 Å². The molecule has 0 bridgehead atoms. The number of nitrogens with one attached hydrogen (secondary N) is 1. The molecule has 3 rings (SSSR count). The zero-order valence-electron chi connectivity index (χ0n) is 12.1. The standard InChI is InChI=1S/C16H10Cl3N3O2/c17-10-4-1-3-9(7-10)15-21-13(24-22-15)8-20-16(23)11-5-2-6-12(18)14(11)19/h1-7H,8H2,(H,20,23). The Morgan fingerprint density at radius 3 is 2.71 bits per heavy atom. The Labute approximate surface area is 152 Å². The lowest BCUT2D eigenvalue weighted by Gasteiger charge is -2.05. The molecule has 1 N–H and O–H groups in total. The Morgan fingerprint density at radius 2 is 1.92 bits per heavy atom. The molecule has 0 aliphatic rings. The molecule has 0 aliphatic heterocycles. The fourth-order valence-electron chi connectivity index (χ4n) is 2.00. The molecule has 8 heteroatoms. The third-order valence-corrected chi connectivity index (χ3v) is 4.20. The summed E-state index contributed by atoms with van der Waals surface area (Å²) in [7, 11) is 0. The number of amides is 1. The summed E-state index contributed by atoms with van der Waals surface area (Å²) in [5.74, 6) is 0.268. The van der Waals surface area contributed by atoms with Crippen LogP contribution in [0.2, 0.25) is 15.1 Å². The van der Waals surface area contributed by atoms with Crippen molar-refractivity contribution in [2.75, 3.05) is 0 Å². The normalized spacial score (nSPS) is 10.6. The van der Waals surface area contributed by atoms with Crippen LogP contribution in [0, 0.1) is 0 Å². The lowest BCUT2D eigenvalue weighted by molar-refractivity contribution is 0.0946. The predicted octanol–water partition coefficient (Wildman–Crippen LogP) is 4.63. The van der Waals surface area contributed by atoms with E-state index in [4.69, 9.17) is 39.3 Å². The van der Waals surface area contributed by atoms with Crippen molar-refractivity contribution in [1.29, 1.82) is 0 Å². The smallest absolute Gasteiger partial charge is 0.253 e. The number of aromatic nitrogens is 2. The van der Waals surface area contributed by atoms with Crippen LogP contribution in [0.4, 0.5) is 0 Å². The number of benzene rings is 2. The van der Waals surface area contributed by atoms with Crippen molar-refractivity contribution in [3.63, 3.8) is 0 Å². The first kappa shape index (κ1) is 16.8. The van der Waals surface area contributed by atoms with Crippen molar-refractivity contribution in [1.82, 2.24) is 15.5 Å². The molecule has 24 heavy (non-hydrogen) atoms. The predicted molar refractivity (Wildman–Crippen MR) is 92.4 cm³/mol. The van der Waals surface area contributed by atoms with E-state index in [0.717, 1.165) is 5.56 Å². The van der Waals surface area contributed by atoms with Crippen LogP contribution in [0.25, 0.3) is 11.4 Å². The number of carbonyl (C=O) groups excluding carboxylic acids is 1. The van der Waals surface area contributed by atoms with Gasteiger partial charge in [-0.15, -0.1) is 0 Å². The largest absolute Gasteiger partial charge is 0.343 e. The first-order valence-corrected chi connectivity index (χ1v) is 7.98. The van der Waals surface area contributed by atoms with Crippen LogP contribution in [0.15, 0.2) is 47.0 Å². The Bertz CT molecular complexity index is 896. The topological polar surface area (TPSA) is 68.0 Å². The summed E-state index contributed by atoms with van der Waals surface area (Å²) in [6.07, 6.45) is 0. The molecule has 0 saturated heterocycles. The molecule has 2 aromatic carbocycles. The second-order valence-corrected chi connectivity index (χ2v) is 6.03. The number of halogens is 3. The highest BCUT2D eigenvalue weighted by atomic mass is 35.5. The van der Waals surface area contributed by atoms with Gasteiger partial charge < -0.3 is 9.84 Å². The zero-order chi connectivity index (χ0) is 17.1. The molecule has 0 unspecified atom stereocenters. The zero-order valence-corrected chi connectivity index (χ0v) is 14.4. The highest BCUT2D eigenvalue weighted by molar-refractivity contribution is 6.43. The summed E-state index contributed by atoms with van der Waals surface area (Å²) in [5.41, 5.74) is 1.00. The van der Waals surface area contributed by atoms with Crippen molar-refractivity contribution in [2.45, 2.75) is 6.54 Å². The van der Waals surface area contributed by atoms with Crippen molar-refractivity contribution in [3.05, 3.63) is 69.0 Å². The van der Waals surface area contributed by atoms with E-state index in [-0.39, 0.29) is 28.9 Å². The molecule has 5 nitrogen and oxygen atoms in total. The van der Waals surface area contributed by atoms with E-state index in [9.17, 15) is 4.79 Å². The Kier molecular flexibility index (Phi) is 5.04. The van der Waals surface area contributed by atoms with Gasteiger partial charge in [0, 0.05) is 10.6 Å². The van der Waals surface area contributed by atoms with Gasteiger partial charge in [0.2, 0.25) is 11.7 Å². The number of nitrogens with zero attached hydrogens (tertiary/aromatic N) is 2. The third-order valence-electron chi connectivity index (χ3n) is 3.15. The average molecular weight is 383 g/mol. The fraction of sp³-hybridized carbons (Fsp3) is 0.0625. The lowest BCUT2D eigenvalue weighted by Crippen LogP contribution is -2.23. The monoisotopic (exact) mass is 381 g/mol. The van der Waals surface area contributed by atoms with Crippen LogP contribution >= 0.6 is 34.8 Å². The van der Waals surface area contributed by atoms with E-state index in [1.165, 1.54) is 0 Å². The van der Waals surface area contributed by atoms with Crippen molar-refractivity contribution < 1.29 is 9.32 Å². The van der Waals surface area contributed by atoms with Gasteiger partial charge in [-0.2, -0.15) is 4.98 Å². The molecule has 0 fully saturated rings. The average Bonchev–Trinajstić information content (AvgIpc) is 3.04. The summed E-state index contributed by atoms with van der Waals surface area (Å²) in [6, 6.07) is 11.9. The minimum absolute atomic E-state index is 0.0647. The maximum atomic E-state index is 12.2. The van der Waals surface area contributed by atoms with E-state index in [2.05, 4.69) is 15.5 Å². The van der Waals surface area contributed by atoms with Gasteiger partial charge in [0.05, 0.1) is 22.2 Å². The summed E-state index contributed by atoms with van der Waals surface area (Å²) in [6.45, 7) is 0.0647. The molecule has 0 spiro atoms. The van der Waals surface area contributed by atoms with Gasteiger partial charge in [0.15, 0.2) is 0 Å². The summed E-state index contributed by atoms with van der Waals surface area (Å²) in [4.78, 5) is 16.4. The minimum Gasteiger partial charge on any atom is -0.343 e. The molecular weight excluding hydrogens is 373 g/mol. The third kappa shape index (κ3) is 3.70. The number of hydrogen-bond donors (Lipinski definition) is 1. The van der Waals surface area contributed by atoms with Crippen LogP contribution in [0.1, 0.15) is 16.2 Å². The maximum absolute atomic E-state index is 12.2. The van der Waals surface area contributed by atoms with Gasteiger partial charge in [-0.3, -0.25) is 4.79 Å². The molecule has 0 radical (unpaired) electrons. The van der Waals surface area contributed by atoms with Crippen molar-refractivity contribution in [2.24, 2.45) is 0 Å². The first-order valence-electron chi connectivity index (χ1n) is 6.85. The minimum atomic E-state index is -0.384. The van der Waals surface area contributed by atoms with Gasteiger partial charge in [-0.05, 0) is 24.3 Å².